The van der Waals surface area contributed by atoms with Crippen LogP contribution in [0.15, 0.2) is 48.8 Å². The Morgan fingerprint density at radius 1 is 1.02 bits per heavy atom. The van der Waals surface area contributed by atoms with Crippen molar-refractivity contribution in [2.24, 2.45) is 5.92 Å². The van der Waals surface area contributed by atoms with Gasteiger partial charge in [-0.05, 0) is 62.0 Å². The van der Waals surface area contributed by atoms with E-state index >= 15 is 0 Å². The molecule has 1 aromatic heterocycles. The number of hydrogen-bond donors (Lipinski definition) is 4. The van der Waals surface area contributed by atoms with Crippen LogP contribution in [0.2, 0.25) is 0 Å². The largest absolute Gasteiger partial charge is 0.497 e. The van der Waals surface area contributed by atoms with Crippen LogP contribution in [-0.2, 0) is 20.8 Å². The Hall–Kier alpha value is -5.00. The molecule has 252 valence electrons. The standard InChI is InChI=1S/C24H28N4O4.2C2HF3O2/c1-28(2)8-9-31-23-12-16(19-13-25-26-14-19)4-6-21(23)27-24(29)18-10-17-11-20(30-3)5-7-22(17)32-15-18;2*3-2(4,5)1(6)7/h4-7,11-14,18H,8-10,15H2,1-3H3,(H,25,26)(H,27,29);2*(H,6,7)/t18-;;/m0../s1. The van der Waals surface area contributed by atoms with Crippen molar-refractivity contribution in [3.05, 3.63) is 54.4 Å². The quantitative estimate of drug-likeness (QED) is 0.253. The maximum absolute atomic E-state index is 13.1. The number of likely N-dealkylation sites (N-methyl/N-ethyl adjacent to an activating group) is 1. The van der Waals surface area contributed by atoms with Crippen LogP contribution >= 0.6 is 0 Å². The Bertz CT molecular complexity index is 1440. The number of hydrogen-bond acceptors (Lipinski definition) is 8. The number of carboxylic acid groups (broad SMARTS) is 2. The van der Waals surface area contributed by atoms with E-state index in [1.165, 1.54) is 0 Å². The van der Waals surface area contributed by atoms with E-state index in [0.717, 1.165) is 34.7 Å². The van der Waals surface area contributed by atoms with Gasteiger partial charge in [-0.2, -0.15) is 31.4 Å². The average molecular weight is 665 g/mol. The van der Waals surface area contributed by atoms with Gasteiger partial charge < -0.3 is 34.6 Å². The second-order valence-corrected chi connectivity index (χ2v) is 9.63. The number of halogens is 6. The molecule has 3 aromatic rings. The van der Waals surface area contributed by atoms with Crippen LogP contribution in [-0.4, -0.2) is 96.5 Å². The summed E-state index contributed by atoms with van der Waals surface area (Å²) in [7, 11) is 5.61. The lowest BCUT2D eigenvalue weighted by Crippen LogP contribution is -2.32. The predicted octanol–water partition coefficient (Wildman–Crippen LogP) is 4.48. The smallest absolute Gasteiger partial charge is 0.490 e. The normalized spacial score (nSPS) is 13.9. The summed E-state index contributed by atoms with van der Waals surface area (Å²) in [6.07, 6.45) is -6.01. The SMILES string of the molecule is COc1ccc2c(c1)C[C@H](C(=O)Nc1ccc(-c3cn[nH]c3)cc1OCCN(C)C)CO2.O=C(O)C(F)(F)F.O=C(O)C(F)(F)F. The van der Waals surface area contributed by atoms with Gasteiger partial charge in [0, 0.05) is 18.3 Å². The van der Waals surface area contributed by atoms with Crippen LogP contribution in [0.5, 0.6) is 17.2 Å². The van der Waals surface area contributed by atoms with Crippen LogP contribution in [0.4, 0.5) is 32.0 Å². The van der Waals surface area contributed by atoms with Gasteiger partial charge in [0.15, 0.2) is 0 Å². The van der Waals surface area contributed by atoms with E-state index in [9.17, 15) is 31.1 Å². The minimum atomic E-state index is -5.08. The van der Waals surface area contributed by atoms with Gasteiger partial charge in [-0.25, -0.2) is 9.59 Å². The minimum Gasteiger partial charge on any atom is -0.497 e. The molecule has 0 spiro atoms. The Labute approximate surface area is 257 Å². The first-order chi connectivity index (χ1) is 21.4. The number of carbonyl (C=O) groups is 3. The number of nitrogens with one attached hydrogen (secondary N) is 2. The highest BCUT2D eigenvalue weighted by Crippen LogP contribution is 2.34. The zero-order chi connectivity index (χ0) is 34.7. The topological polar surface area (TPSA) is 163 Å². The molecule has 2 heterocycles. The lowest BCUT2D eigenvalue weighted by molar-refractivity contribution is -0.193. The van der Waals surface area contributed by atoms with Crippen molar-refractivity contribution >= 4 is 23.5 Å². The second-order valence-electron chi connectivity index (χ2n) is 9.63. The average Bonchev–Trinajstić information content (AvgIpc) is 3.52. The molecule has 0 saturated heterocycles. The third-order valence-corrected chi connectivity index (χ3v) is 5.90. The summed E-state index contributed by atoms with van der Waals surface area (Å²) in [6, 6.07) is 11.4. The maximum atomic E-state index is 13.1. The predicted molar refractivity (Wildman–Crippen MR) is 150 cm³/mol. The van der Waals surface area contributed by atoms with E-state index in [-0.39, 0.29) is 11.8 Å². The minimum absolute atomic E-state index is 0.105. The third-order valence-electron chi connectivity index (χ3n) is 5.90. The Kier molecular flexibility index (Phi) is 13.2. The van der Waals surface area contributed by atoms with Crippen LogP contribution < -0.4 is 19.5 Å². The lowest BCUT2D eigenvalue weighted by Gasteiger charge is -2.25. The molecule has 1 atom stereocenters. The number of anilines is 1. The van der Waals surface area contributed by atoms with Gasteiger partial charge in [0.05, 0.1) is 24.9 Å². The molecular formula is C28H30F6N4O8. The molecule has 12 nitrogen and oxygen atoms in total. The second kappa shape index (κ2) is 16.4. The fourth-order valence-electron chi connectivity index (χ4n) is 3.57. The Morgan fingerprint density at radius 2 is 1.65 bits per heavy atom. The number of alkyl halides is 6. The van der Waals surface area contributed by atoms with Gasteiger partial charge in [-0.1, -0.05) is 6.07 Å². The van der Waals surface area contributed by atoms with Gasteiger partial charge in [0.25, 0.3) is 0 Å². The van der Waals surface area contributed by atoms with E-state index in [0.29, 0.717) is 31.1 Å². The highest BCUT2D eigenvalue weighted by atomic mass is 19.4. The number of amides is 1. The number of fused-ring (bicyclic) bond motifs is 1. The molecule has 1 aliphatic rings. The van der Waals surface area contributed by atoms with Crippen LogP contribution in [0.1, 0.15) is 5.56 Å². The summed E-state index contributed by atoms with van der Waals surface area (Å²) in [5, 5.41) is 24.1. The van der Waals surface area contributed by atoms with Crippen LogP contribution in [0.25, 0.3) is 11.1 Å². The van der Waals surface area contributed by atoms with E-state index in [1.54, 1.807) is 13.3 Å². The molecule has 46 heavy (non-hydrogen) atoms. The summed E-state index contributed by atoms with van der Waals surface area (Å²) in [4.78, 5) is 32.9. The number of H-pyrrole nitrogens is 1. The van der Waals surface area contributed by atoms with Crippen molar-refractivity contribution in [2.75, 3.05) is 46.3 Å². The molecule has 1 amide bonds. The molecule has 0 unspecified atom stereocenters. The fourth-order valence-corrected chi connectivity index (χ4v) is 3.57. The molecule has 0 aliphatic carbocycles. The number of aliphatic carboxylic acids is 2. The molecule has 4 N–H and O–H groups in total. The van der Waals surface area contributed by atoms with Crippen molar-refractivity contribution in [1.82, 2.24) is 15.1 Å². The van der Waals surface area contributed by atoms with Crippen molar-refractivity contribution in [1.29, 1.82) is 0 Å². The van der Waals surface area contributed by atoms with Gasteiger partial charge in [-0.15, -0.1) is 0 Å². The number of benzene rings is 2. The first-order valence-corrected chi connectivity index (χ1v) is 13.0. The number of nitrogens with zero attached hydrogens (tertiary/aromatic N) is 2. The number of methoxy groups -OCH3 is 1. The summed E-state index contributed by atoms with van der Waals surface area (Å²) in [5.74, 6) is -3.76. The van der Waals surface area contributed by atoms with Crippen molar-refractivity contribution in [3.63, 3.8) is 0 Å². The zero-order valence-corrected chi connectivity index (χ0v) is 24.5. The Balaban J connectivity index is 0.000000440. The van der Waals surface area contributed by atoms with Gasteiger partial charge in [0.2, 0.25) is 5.91 Å². The highest BCUT2D eigenvalue weighted by molar-refractivity contribution is 5.95. The number of carboxylic acids is 2. The number of aromatic nitrogens is 2. The summed E-state index contributed by atoms with van der Waals surface area (Å²) in [5.41, 5.74) is 3.51. The number of ether oxygens (including phenoxy) is 3. The summed E-state index contributed by atoms with van der Waals surface area (Å²) < 4.78 is 80.6. The molecular weight excluding hydrogens is 634 g/mol. The lowest BCUT2D eigenvalue weighted by atomic mass is 9.95. The molecule has 2 aromatic carbocycles. The molecule has 0 radical (unpaired) electrons. The first-order valence-electron chi connectivity index (χ1n) is 13.0. The monoisotopic (exact) mass is 664 g/mol. The van der Waals surface area contributed by atoms with E-state index in [4.69, 9.17) is 34.0 Å². The zero-order valence-electron chi connectivity index (χ0n) is 24.5. The maximum Gasteiger partial charge on any atom is 0.490 e. The summed E-state index contributed by atoms with van der Waals surface area (Å²) in [6.45, 7) is 1.60. The number of carbonyl (C=O) groups excluding carboxylic acids is 1. The molecule has 0 fully saturated rings. The molecule has 0 saturated carbocycles. The van der Waals surface area contributed by atoms with E-state index in [2.05, 4.69) is 15.5 Å². The van der Waals surface area contributed by atoms with E-state index < -0.39 is 24.3 Å². The Morgan fingerprint density at radius 3 is 2.17 bits per heavy atom. The van der Waals surface area contributed by atoms with Gasteiger partial charge in [0.1, 0.15) is 30.5 Å². The van der Waals surface area contributed by atoms with Crippen molar-refractivity contribution in [2.45, 2.75) is 18.8 Å². The molecule has 4 rings (SSSR count). The van der Waals surface area contributed by atoms with Gasteiger partial charge >= 0.3 is 24.3 Å². The van der Waals surface area contributed by atoms with Crippen LogP contribution in [0.3, 0.4) is 0 Å². The van der Waals surface area contributed by atoms with Crippen molar-refractivity contribution in [3.8, 4) is 28.4 Å². The van der Waals surface area contributed by atoms with E-state index in [1.807, 2.05) is 61.6 Å². The van der Waals surface area contributed by atoms with Gasteiger partial charge in [-0.3, -0.25) is 9.89 Å². The van der Waals surface area contributed by atoms with Crippen molar-refractivity contribution < 1.29 is 65.1 Å². The summed E-state index contributed by atoms with van der Waals surface area (Å²) >= 11 is 0. The van der Waals surface area contributed by atoms with Crippen LogP contribution in [0, 0.1) is 5.92 Å². The molecule has 0 bridgehead atoms. The number of aromatic amines is 1. The fraction of sp³-hybridized carbons (Fsp3) is 0.357. The highest BCUT2D eigenvalue weighted by Gasteiger charge is 2.39. The number of rotatable bonds is 8. The first kappa shape index (κ1) is 37.2. The molecule has 18 heteroatoms. The third kappa shape index (κ3) is 11.8. The molecule has 1 aliphatic heterocycles.